The Morgan fingerprint density at radius 3 is 1.89 bits per heavy atom. The summed E-state index contributed by atoms with van der Waals surface area (Å²) < 4.78 is 36.8. The van der Waals surface area contributed by atoms with E-state index >= 15 is 0 Å². The molecule has 1 aromatic rings. The minimum Gasteiger partial charge on any atom is -0.493 e. The van der Waals surface area contributed by atoms with Gasteiger partial charge in [0.1, 0.15) is 5.56 Å². The molecule has 0 fully saturated rings. The molecule has 2 nitrogen and oxygen atoms in total. The molecule has 0 aliphatic heterocycles. The van der Waals surface area contributed by atoms with Gasteiger partial charge >= 0.3 is 0 Å². The third kappa shape index (κ3) is 4.21. The van der Waals surface area contributed by atoms with Gasteiger partial charge in [-0.25, -0.2) is 8.78 Å². The second-order valence-electron chi connectivity index (χ2n) is 2.59. The number of hydrogen-bond donors (Lipinski definition) is 0. The molecule has 0 unspecified atom stereocenters. The number of benzene rings is 1. The minimum absolute atomic E-state index is 0.0963. The summed E-state index contributed by atoms with van der Waals surface area (Å²) in [6.07, 6.45) is 0. The Bertz CT molecular complexity index is 427. The Kier molecular flexibility index (Phi) is 8.93. The molecule has 1 aromatic carbocycles. The van der Waals surface area contributed by atoms with Gasteiger partial charge in [-0.05, 0) is 20.1 Å². The van der Waals surface area contributed by atoms with Crippen LogP contribution in [0.4, 0.5) is 8.78 Å². The molecule has 0 N–H and O–H groups in total. The third-order valence-electron chi connectivity index (χ3n) is 1.79. The van der Waals surface area contributed by atoms with Gasteiger partial charge in [-0.15, -0.1) is 0 Å². The normalized spacial score (nSPS) is 8.61. The molecule has 0 saturated carbocycles. The quantitative estimate of drug-likeness (QED) is 0.555. The molecule has 0 bridgehead atoms. The molecule has 0 heterocycles. The van der Waals surface area contributed by atoms with Crippen LogP contribution in [0.25, 0.3) is 0 Å². The van der Waals surface area contributed by atoms with E-state index in [1.54, 1.807) is 0 Å². The molecule has 0 radical (unpaired) electrons. The third-order valence-corrected chi connectivity index (χ3v) is 2.63. The molecule has 18 heavy (non-hydrogen) atoms. The second-order valence-corrected chi connectivity index (χ2v) is 4.27. The van der Waals surface area contributed by atoms with E-state index in [9.17, 15) is 8.78 Å². The second kappa shape index (κ2) is 9.28. The maximum atomic E-state index is 13.6. The predicted molar refractivity (Wildman–Crippen MR) is 79.3 cm³/mol. The first-order valence-electron chi connectivity index (χ1n) is 5.04. The molecule has 1 rings (SSSR count). The lowest BCUT2D eigenvalue weighted by molar-refractivity contribution is 0.357. The number of hydrogen-bond acceptors (Lipinski definition) is 3. The van der Waals surface area contributed by atoms with Crippen molar-refractivity contribution in [3.05, 3.63) is 23.3 Å². The summed E-state index contributed by atoms with van der Waals surface area (Å²) in [6.45, 7) is 4.00. The van der Waals surface area contributed by atoms with E-state index in [-0.39, 0.29) is 17.1 Å². The Labute approximate surface area is 122 Å². The zero-order valence-corrected chi connectivity index (χ0v) is 13.4. The van der Waals surface area contributed by atoms with Crippen molar-refractivity contribution >= 4 is 30.1 Å². The van der Waals surface area contributed by atoms with Crippen LogP contribution in [0.2, 0.25) is 0 Å². The van der Waals surface area contributed by atoms with E-state index in [0.717, 1.165) is 15.0 Å². The van der Waals surface area contributed by atoms with Crippen molar-refractivity contribution in [2.24, 2.45) is 0 Å². The summed E-state index contributed by atoms with van der Waals surface area (Å²) in [5, 5.41) is 2.51. The van der Waals surface area contributed by atoms with Gasteiger partial charge in [0.2, 0.25) is 0 Å². The minimum atomic E-state index is -0.821. The van der Waals surface area contributed by atoms with Crippen LogP contribution in [0, 0.1) is 22.8 Å². The van der Waals surface area contributed by atoms with Crippen LogP contribution in [0.3, 0.4) is 0 Å². The van der Waals surface area contributed by atoms with Crippen molar-refractivity contribution in [2.45, 2.75) is 13.8 Å². The van der Waals surface area contributed by atoms with Crippen LogP contribution >= 0.6 is 30.1 Å². The average Bonchev–Trinajstić information content (AvgIpc) is 2.41. The van der Waals surface area contributed by atoms with Gasteiger partial charge in [-0.2, -0.15) is 0 Å². The maximum absolute atomic E-state index is 13.6. The fraction of sp³-hybridized carbons (Fsp3) is 0.333. The van der Waals surface area contributed by atoms with Crippen molar-refractivity contribution in [2.75, 3.05) is 14.2 Å². The topological polar surface area (TPSA) is 18.5 Å². The van der Waals surface area contributed by atoms with Gasteiger partial charge in [0.05, 0.1) is 14.2 Å². The Balaban J connectivity index is 0.00000137. The Morgan fingerprint density at radius 2 is 1.56 bits per heavy atom. The first-order valence-corrected chi connectivity index (χ1v) is 8.40. The van der Waals surface area contributed by atoms with Gasteiger partial charge < -0.3 is 9.47 Å². The van der Waals surface area contributed by atoms with E-state index in [4.69, 9.17) is 9.47 Å². The van der Waals surface area contributed by atoms with Gasteiger partial charge in [-0.1, -0.05) is 13.8 Å². The van der Waals surface area contributed by atoms with E-state index in [1.807, 2.05) is 35.1 Å². The van der Waals surface area contributed by atoms with Crippen LogP contribution in [0.5, 0.6) is 11.5 Å². The molecule has 0 atom stereocenters. The molecule has 0 aromatic heterocycles. The highest BCUT2D eigenvalue weighted by atomic mass is 127. The van der Waals surface area contributed by atoms with Gasteiger partial charge in [0.25, 0.3) is 0 Å². The molecule has 6 heteroatoms. The molecule has 0 amide bonds. The first kappa shape index (κ1) is 17.3. The Hall–Kier alpha value is -0.680. The van der Waals surface area contributed by atoms with E-state index in [1.165, 1.54) is 14.2 Å². The monoisotopic (exact) mass is 386 g/mol. The Morgan fingerprint density at radius 1 is 1.11 bits per heavy atom. The van der Waals surface area contributed by atoms with Crippen LogP contribution in [-0.2, 0) is 0 Å². The SMILES string of the molecule is CC.COc1cc(OC)c(F)c(C#CSI)c1F. The lowest BCUT2D eigenvalue weighted by atomic mass is 10.2. The van der Waals surface area contributed by atoms with Crippen molar-refractivity contribution in [3.8, 4) is 22.7 Å². The fourth-order valence-corrected chi connectivity index (χ4v) is 1.54. The van der Waals surface area contributed by atoms with E-state index < -0.39 is 11.6 Å². The summed E-state index contributed by atoms with van der Waals surface area (Å²) in [4.78, 5) is 0. The average molecular weight is 386 g/mol. The molecular weight excluding hydrogens is 373 g/mol. The number of halogens is 3. The summed E-state index contributed by atoms with van der Waals surface area (Å²) in [7, 11) is 3.72. The molecular formula is C12H13F2IO2S. The smallest absolute Gasteiger partial charge is 0.183 e. The predicted octanol–water partition coefficient (Wildman–Crippen LogP) is 4.40. The molecule has 0 spiro atoms. The van der Waals surface area contributed by atoms with E-state index in [2.05, 4.69) is 11.2 Å². The molecule has 0 saturated heterocycles. The van der Waals surface area contributed by atoms with Gasteiger partial charge in [0.15, 0.2) is 23.1 Å². The lowest BCUT2D eigenvalue weighted by Gasteiger charge is -2.08. The van der Waals surface area contributed by atoms with Crippen LogP contribution < -0.4 is 9.47 Å². The summed E-state index contributed by atoms with van der Waals surface area (Å²) in [6, 6.07) is 1.15. The first-order chi connectivity index (χ1) is 8.65. The number of methoxy groups -OCH3 is 2. The summed E-state index contributed by atoms with van der Waals surface area (Å²) >= 11 is 1.91. The largest absolute Gasteiger partial charge is 0.493 e. The standard InChI is InChI=1S/C10H7F2IO2S.C2H6/c1-14-7-5-8(15-2)10(12)6(9(7)11)3-4-16-13;1-2/h5H,1-2H3;1-2H3. The molecule has 0 aliphatic carbocycles. The lowest BCUT2D eigenvalue weighted by Crippen LogP contribution is -1.99. The summed E-state index contributed by atoms with van der Waals surface area (Å²) in [5.74, 6) is 0.542. The van der Waals surface area contributed by atoms with Crippen molar-refractivity contribution in [3.63, 3.8) is 0 Å². The fourth-order valence-electron chi connectivity index (χ4n) is 1.07. The van der Waals surface area contributed by atoms with E-state index in [0.29, 0.717) is 0 Å². The van der Waals surface area contributed by atoms with Gasteiger partial charge in [-0.3, -0.25) is 0 Å². The zero-order chi connectivity index (χ0) is 14.1. The molecule has 0 aliphatic rings. The highest BCUT2D eigenvalue weighted by molar-refractivity contribution is 14.2. The summed E-state index contributed by atoms with van der Waals surface area (Å²) in [5.41, 5.74) is -0.347. The molecule has 100 valence electrons. The van der Waals surface area contributed by atoms with Crippen LogP contribution in [0.1, 0.15) is 19.4 Å². The zero-order valence-electron chi connectivity index (χ0n) is 10.4. The number of rotatable bonds is 2. The van der Waals surface area contributed by atoms with Crippen LogP contribution in [-0.4, -0.2) is 14.2 Å². The van der Waals surface area contributed by atoms with Crippen molar-refractivity contribution in [1.29, 1.82) is 0 Å². The van der Waals surface area contributed by atoms with Crippen LogP contribution in [0.15, 0.2) is 6.07 Å². The van der Waals surface area contributed by atoms with Gasteiger partial charge in [0, 0.05) is 27.3 Å². The highest BCUT2D eigenvalue weighted by Crippen LogP contribution is 2.30. The van der Waals surface area contributed by atoms with Crippen molar-refractivity contribution < 1.29 is 18.3 Å². The highest BCUT2D eigenvalue weighted by Gasteiger charge is 2.18. The maximum Gasteiger partial charge on any atom is 0.183 e. The van der Waals surface area contributed by atoms with Crippen molar-refractivity contribution in [1.82, 2.24) is 0 Å². The number of ether oxygens (including phenoxy) is 2.